The van der Waals surface area contributed by atoms with E-state index < -0.39 is 0 Å². The van der Waals surface area contributed by atoms with Gasteiger partial charge in [0.15, 0.2) is 0 Å². The molecule has 0 N–H and O–H groups in total. The monoisotopic (exact) mass is 794 g/mol. The highest BCUT2D eigenvalue weighted by Crippen LogP contribution is 2.45. The van der Waals surface area contributed by atoms with Crippen molar-refractivity contribution in [2.75, 3.05) is 4.90 Å². The summed E-state index contributed by atoms with van der Waals surface area (Å²) in [6, 6.07) is 84.2. The van der Waals surface area contributed by atoms with E-state index in [2.05, 4.69) is 240 Å². The molecule has 0 unspecified atom stereocenters. The third-order valence-electron chi connectivity index (χ3n) is 12.2. The first-order valence-electron chi connectivity index (χ1n) is 20.8. The first-order chi connectivity index (χ1) is 30.2. The molecule has 0 aliphatic carbocycles. The zero-order valence-corrected chi connectivity index (χ0v) is 34.1. The van der Waals surface area contributed by atoms with Gasteiger partial charge in [0.05, 0.1) is 22.4 Å². The number of nitrogens with zero attached hydrogens (tertiary/aromatic N) is 2. The first-order valence-corrected chi connectivity index (χ1v) is 21.6. The summed E-state index contributed by atoms with van der Waals surface area (Å²) >= 11 is 1.86. The lowest BCUT2D eigenvalue weighted by molar-refractivity contribution is 1.18. The second kappa shape index (κ2) is 14.5. The number of hydrogen-bond acceptors (Lipinski definition) is 2. The van der Waals surface area contributed by atoms with Crippen molar-refractivity contribution in [1.82, 2.24) is 4.57 Å². The lowest BCUT2D eigenvalue weighted by atomic mass is 9.97. The number of anilines is 3. The normalized spacial score (nSPS) is 11.6. The summed E-state index contributed by atoms with van der Waals surface area (Å²) in [5.41, 5.74) is 14.1. The van der Waals surface area contributed by atoms with Crippen molar-refractivity contribution >= 4 is 81.1 Å². The Morgan fingerprint density at radius 2 is 0.918 bits per heavy atom. The molecule has 2 aromatic heterocycles. The maximum absolute atomic E-state index is 2.43. The van der Waals surface area contributed by atoms with Crippen LogP contribution in [0.25, 0.3) is 91.8 Å². The Labute approximate surface area is 358 Å². The van der Waals surface area contributed by atoms with E-state index in [4.69, 9.17) is 0 Å². The molecule has 0 fully saturated rings. The maximum atomic E-state index is 2.43. The second-order valence-corrected chi connectivity index (χ2v) is 16.8. The molecule has 3 heteroatoms. The van der Waals surface area contributed by atoms with Crippen LogP contribution in [0.1, 0.15) is 0 Å². The molecule has 0 saturated heterocycles. The minimum atomic E-state index is 1.10. The molecule has 12 aromatic rings. The van der Waals surface area contributed by atoms with Crippen LogP contribution in [-0.4, -0.2) is 4.57 Å². The Bertz CT molecular complexity index is 3560. The fraction of sp³-hybridized carbons (Fsp3) is 0. The van der Waals surface area contributed by atoms with Gasteiger partial charge in [-0.1, -0.05) is 164 Å². The minimum Gasteiger partial charge on any atom is -0.310 e. The fourth-order valence-corrected chi connectivity index (χ4v) is 10.5. The van der Waals surface area contributed by atoms with Gasteiger partial charge in [0, 0.05) is 53.4 Å². The number of fused-ring (bicyclic) bond motifs is 7. The van der Waals surface area contributed by atoms with Gasteiger partial charge < -0.3 is 9.47 Å². The van der Waals surface area contributed by atoms with Gasteiger partial charge in [-0.25, -0.2) is 0 Å². The predicted octanol–water partition coefficient (Wildman–Crippen LogP) is 16.8. The molecule has 0 amide bonds. The van der Waals surface area contributed by atoms with Crippen molar-refractivity contribution in [1.29, 1.82) is 0 Å². The van der Waals surface area contributed by atoms with E-state index in [1.165, 1.54) is 91.8 Å². The average molecular weight is 795 g/mol. The molecule has 0 aliphatic heterocycles. The van der Waals surface area contributed by atoms with E-state index >= 15 is 0 Å². The van der Waals surface area contributed by atoms with Gasteiger partial charge in [-0.05, 0) is 99.8 Å². The van der Waals surface area contributed by atoms with Crippen LogP contribution in [0.3, 0.4) is 0 Å². The largest absolute Gasteiger partial charge is 0.310 e. The fourth-order valence-electron chi connectivity index (χ4n) is 9.31. The van der Waals surface area contributed by atoms with Gasteiger partial charge in [0.1, 0.15) is 0 Å². The van der Waals surface area contributed by atoms with E-state index in [-0.39, 0.29) is 0 Å². The molecule has 0 atom stereocenters. The molecule has 10 aromatic carbocycles. The molecule has 0 bridgehead atoms. The Balaban J connectivity index is 0.969. The highest BCUT2D eigenvalue weighted by atomic mass is 32.1. The van der Waals surface area contributed by atoms with Crippen molar-refractivity contribution in [2.24, 2.45) is 0 Å². The molecule has 286 valence electrons. The van der Waals surface area contributed by atoms with Gasteiger partial charge in [-0.15, -0.1) is 11.3 Å². The van der Waals surface area contributed by atoms with Crippen molar-refractivity contribution in [3.63, 3.8) is 0 Å². The Morgan fingerprint density at radius 3 is 1.74 bits per heavy atom. The van der Waals surface area contributed by atoms with Gasteiger partial charge in [0.25, 0.3) is 0 Å². The zero-order valence-electron chi connectivity index (χ0n) is 33.2. The summed E-state index contributed by atoms with van der Waals surface area (Å²) in [6.45, 7) is 0. The third-order valence-corrected chi connectivity index (χ3v) is 13.3. The molecule has 61 heavy (non-hydrogen) atoms. The van der Waals surface area contributed by atoms with E-state index in [0.717, 1.165) is 17.1 Å². The molecule has 2 heterocycles. The van der Waals surface area contributed by atoms with E-state index in [0.29, 0.717) is 0 Å². The summed E-state index contributed by atoms with van der Waals surface area (Å²) in [7, 11) is 0. The number of benzene rings is 10. The Hall–Kier alpha value is -7.72. The predicted molar refractivity (Wildman–Crippen MR) is 262 cm³/mol. The van der Waals surface area contributed by atoms with Crippen LogP contribution < -0.4 is 4.90 Å². The van der Waals surface area contributed by atoms with Crippen LogP contribution in [0.5, 0.6) is 0 Å². The van der Waals surface area contributed by atoms with Crippen LogP contribution in [0.15, 0.2) is 231 Å². The topological polar surface area (TPSA) is 8.17 Å². The summed E-state index contributed by atoms with van der Waals surface area (Å²) in [6.07, 6.45) is 0. The molecular formula is C58H38N2S. The van der Waals surface area contributed by atoms with Gasteiger partial charge in [-0.2, -0.15) is 0 Å². The van der Waals surface area contributed by atoms with Crippen LogP contribution in [-0.2, 0) is 0 Å². The van der Waals surface area contributed by atoms with E-state index in [1.807, 2.05) is 11.3 Å². The summed E-state index contributed by atoms with van der Waals surface area (Å²) in [5.74, 6) is 0. The third kappa shape index (κ3) is 6.01. The smallest absolute Gasteiger partial charge is 0.0541 e. The first kappa shape index (κ1) is 35.2. The Kier molecular flexibility index (Phi) is 8.39. The van der Waals surface area contributed by atoms with Crippen molar-refractivity contribution < 1.29 is 0 Å². The quantitative estimate of drug-likeness (QED) is 0.156. The standard InChI is InChI=1S/C58H38N2S/c1-2-15-41-37-44(29-28-39(41)14-1)48-19-3-8-23-53(48)59(46-34-35-52-51-22-7-12-27-57(51)61-58(52)38-46)45-32-30-40(31-33-45)42-16-13-17-43(36-42)47-18-4-9-24-54(47)60-55-25-10-5-20-49(55)50-21-6-11-26-56(50)60/h1-38H. The summed E-state index contributed by atoms with van der Waals surface area (Å²) in [4.78, 5) is 2.43. The number of para-hydroxylation sites is 4. The highest BCUT2D eigenvalue weighted by Gasteiger charge is 2.20. The summed E-state index contributed by atoms with van der Waals surface area (Å²) < 4.78 is 5.01. The molecule has 0 spiro atoms. The van der Waals surface area contributed by atoms with Gasteiger partial charge >= 0.3 is 0 Å². The molecule has 12 rings (SSSR count). The zero-order chi connectivity index (χ0) is 40.3. The number of thiophene rings is 1. The molecular weight excluding hydrogens is 757 g/mol. The van der Waals surface area contributed by atoms with Crippen molar-refractivity contribution in [2.45, 2.75) is 0 Å². The maximum Gasteiger partial charge on any atom is 0.0541 e. The molecule has 2 nitrogen and oxygen atoms in total. The number of aromatic nitrogens is 1. The summed E-state index contributed by atoms with van der Waals surface area (Å²) in [5, 5.41) is 7.60. The lowest BCUT2D eigenvalue weighted by Gasteiger charge is -2.28. The van der Waals surface area contributed by atoms with Crippen molar-refractivity contribution in [3.05, 3.63) is 231 Å². The average Bonchev–Trinajstić information content (AvgIpc) is 3.87. The lowest BCUT2D eigenvalue weighted by Crippen LogP contribution is -2.11. The van der Waals surface area contributed by atoms with E-state index in [9.17, 15) is 0 Å². The SMILES string of the molecule is c1cc(-c2ccc(N(c3ccc4c(c3)sc3ccccc34)c3ccccc3-c3ccc4ccccc4c3)cc2)cc(-c2ccccc2-n2c3ccccc3c3ccccc32)c1. The highest BCUT2D eigenvalue weighted by molar-refractivity contribution is 7.25. The van der Waals surface area contributed by atoms with Gasteiger partial charge in [0.2, 0.25) is 0 Å². The van der Waals surface area contributed by atoms with Crippen LogP contribution >= 0.6 is 11.3 Å². The van der Waals surface area contributed by atoms with Crippen molar-refractivity contribution in [3.8, 4) is 39.1 Å². The Morgan fingerprint density at radius 1 is 0.328 bits per heavy atom. The van der Waals surface area contributed by atoms with E-state index in [1.54, 1.807) is 0 Å². The van der Waals surface area contributed by atoms with Gasteiger partial charge in [-0.3, -0.25) is 0 Å². The molecule has 0 saturated carbocycles. The second-order valence-electron chi connectivity index (χ2n) is 15.7. The van der Waals surface area contributed by atoms with Crippen LogP contribution in [0.4, 0.5) is 17.1 Å². The number of rotatable bonds is 7. The molecule has 0 radical (unpaired) electrons. The minimum absolute atomic E-state index is 1.10. The molecule has 0 aliphatic rings. The number of hydrogen-bond donors (Lipinski definition) is 0. The van der Waals surface area contributed by atoms with Crippen LogP contribution in [0, 0.1) is 0 Å². The van der Waals surface area contributed by atoms with Crippen LogP contribution in [0.2, 0.25) is 0 Å².